The summed E-state index contributed by atoms with van der Waals surface area (Å²) in [5, 5.41) is 12.9. The lowest BCUT2D eigenvalue weighted by Gasteiger charge is -2.03. The van der Waals surface area contributed by atoms with Crippen LogP contribution in [0.3, 0.4) is 0 Å². The van der Waals surface area contributed by atoms with Crippen molar-refractivity contribution in [1.29, 1.82) is 0 Å². The first-order valence-corrected chi connectivity index (χ1v) is 39.5. The predicted octanol–water partition coefficient (Wildman–Crippen LogP) is 33.2. The predicted molar refractivity (Wildman–Crippen MR) is 455 cm³/mol. The molecule has 0 saturated carbocycles. The third-order valence-corrected chi connectivity index (χ3v) is 16.1. The average molecular weight is 1360 g/mol. The van der Waals surface area contributed by atoms with Crippen molar-refractivity contribution in [3.63, 3.8) is 0 Å². The Balaban J connectivity index is -0.000000337. The number of rotatable bonds is 28. The molecule has 0 heterocycles. The van der Waals surface area contributed by atoms with Gasteiger partial charge in [0.2, 0.25) is 0 Å². The molecule has 0 N–H and O–H groups in total. The molecular formula is C96H155NO2. The first-order valence-electron chi connectivity index (χ1n) is 39.5. The van der Waals surface area contributed by atoms with Crippen molar-refractivity contribution in [2.45, 2.75) is 326 Å². The number of nitrogens with zero attached hydrogens (tertiary/aromatic N) is 1. The minimum absolute atomic E-state index is 0. The SMILES string of the molecule is C.CC.CC.CC.CCC(C)C.CCCCCCCCCCC.CCCCCCCCCCCCCCCCCCC.CCc1ccccc1.Cc1ccc(-c2ccccc2)cc1.Cc1ccc(C)cc1.Cc1cccc2ccccc12.Cc1ccccc1.Cc1ccccc1[N+](=O)[O-]. The first-order chi connectivity index (χ1) is 47.7. The van der Waals surface area contributed by atoms with Crippen molar-refractivity contribution < 1.29 is 4.92 Å². The largest absolute Gasteiger partial charge is 0.272 e. The molecule has 0 aliphatic heterocycles. The minimum Gasteiger partial charge on any atom is -0.258 e. The van der Waals surface area contributed by atoms with Crippen LogP contribution in [0.25, 0.3) is 21.9 Å². The molecule has 0 spiro atoms. The van der Waals surface area contributed by atoms with Crippen LogP contribution in [0.4, 0.5) is 5.69 Å². The number of nitro benzene ring substituents is 1. The van der Waals surface area contributed by atoms with Gasteiger partial charge < -0.3 is 0 Å². The number of unbranched alkanes of at least 4 members (excludes halogenated alkanes) is 24. The quantitative estimate of drug-likeness (QED) is 0.0279. The van der Waals surface area contributed by atoms with Gasteiger partial charge in [0.25, 0.3) is 5.69 Å². The zero-order valence-corrected chi connectivity index (χ0v) is 67.3. The molecule has 3 heteroatoms. The number of nitro groups is 1. The summed E-state index contributed by atoms with van der Waals surface area (Å²) in [7, 11) is 0. The zero-order valence-electron chi connectivity index (χ0n) is 67.3. The van der Waals surface area contributed by atoms with Gasteiger partial charge >= 0.3 is 0 Å². The fourth-order valence-electron chi connectivity index (χ4n) is 9.60. The lowest BCUT2D eigenvalue weighted by Crippen LogP contribution is -1.89. The number of hydrogen-bond donors (Lipinski definition) is 0. The Morgan fingerprint density at radius 2 is 0.566 bits per heavy atom. The van der Waals surface area contributed by atoms with Crippen LogP contribution in [-0.2, 0) is 6.42 Å². The van der Waals surface area contributed by atoms with Gasteiger partial charge in [-0.1, -0.05) is 500 Å². The van der Waals surface area contributed by atoms with Gasteiger partial charge in [0.05, 0.1) is 4.92 Å². The zero-order chi connectivity index (χ0) is 73.9. The summed E-state index contributed by atoms with van der Waals surface area (Å²) >= 11 is 0. The van der Waals surface area contributed by atoms with E-state index in [2.05, 4.69) is 242 Å². The van der Waals surface area contributed by atoms with Crippen LogP contribution in [0, 0.1) is 57.6 Å². The topological polar surface area (TPSA) is 43.1 Å². The van der Waals surface area contributed by atoms with Crippen molar-refractivity contribution in [2.24, 2.45) is 5.92 Å². The lowest BCUT2D eigenvalue weighted by atomic mass is 10.0. The van der Waals surface area contributed by atoms with Gasteiger partial charge in [0.15, 0.2) is 0 Å². The monoisotopic (exact) mass is 1350 g/mol. The van der Waals surface area contributed by atoms with Gasteiger partial charge in [-0.3, -0.25) is 10.1 Å². The molecule has 0 fully saturated rings. The Kier molecular flexibility index (Phi) is 80.4. The maximum atomic E-state index is 10.2. The standard InChI is InChI=1S/C19H40.C13H12.C11H10.C11H24.2C8H10.C7H7NO2.C7H8.C5H12.3C2H6.CH4/c1-3-5-7-9-11-13-15-17-19-18-16-14-12-10-8-6-4-2;1-11-7-9-13(10-8-11)12-5-3-2-4-6-12;1-9-5-4-7-10-6-2-3-8-11(9)10;1-3-5-7-9-11-10-8-6-4-2;1-7-3-5-8(2)6-4-7;1-2-8-6-4-3-5-7-8;1-6-4-2-3-5-7(6)8(9)10;1-7-5-3-2-4-6-7;1-4-5(2)3;3*1-2;/h3-19H2,1-2H3;2-10H,1H3;2-8H,1H3;3-11H2,1-2H3;3-6H,1-2H3;3-7H,2H2,1H3;2-5H,1H3;2-6H,1H3;5H,4H2,1-3H3;3*1-2H3;1H4. The van der Waals surface area contributed by atoms with Crippen LogP contribution < -0.4 is 0 Å². The van der Waals surface area contributed by atoms with Crippen LogP contribution in [0.15, 0.2) is 206 Å². The molecule has 8 aromatic rings. The highest BCUT2D eigenvalue weighted by Crippen LogP contribution is 2.20. The first kappa shape index (κ1) is 101. The van der Waals surface area contributed by atoms with E-state index in [-0.39, 0.29) is 18.0 Å². The second-order valence-electron chi connectivity index (χ2n) is 25.3. The van der Waals surface area contributed by atoms with Crippen molar-refractivity contribution in [2.75, 3.05) is 0 Å². The van der Waals surface area contributed by atoms with Crippen molar-refractivity contribution >= 4 is 16.5 Å². The lowest BCUT2D eigenvalue weighted by molar-refractivity contribution is -0.385. The average Bonchev–Trinajstić information content (AvgIpc) is 0.859. The highest BCUT2D eigenvalue weighted by Gasteiger charge is 2.06. The van der Waals surface area contributed by atoms with E-state index in [0.29, 0.717) is 5.56 Å². The second kappa shape index (κ2) is 78.8. The molecule has 0 aliphatic carbocycles. The van der Waals surface area contributed by atoms with E-state index in [9.17, 15) is 10.1 Å². The van der Waals surface area contributed by atoms with E-state index >= 15 is 0 Å². The highest BCUT2D eigenvalue weighted by atomic mass is 16.6. The smallest absolute Gasteiger partial charge is 0.258 e. The van der Waals surface area contributed by atoms with Crippen LogP contribution in [-0.4, -0.2) is 4.92 Å². The van der Waals surface area contributed by atoms with Gasteiger partial charge in [0, 0.05) is 11.6 Å². The molecular weight excluding hydrogens is 1200 g/mol. The fourth-order valence-corrected chi connectivity index (χ4v) is 9.60. The summed E-state index contributed by atoms with van der Waals surface area (Å²) in [6.07, 6.45) is 40.3. The highest BCUT2D eigenvalue weighted by molar-refractivity contribution is 5.85. The molecule has 0 saturated heterocycles. The van der Waals surface area contributed by atoms with E-state index in [1.54, 1.807) is 25.1 Å². The van der Waals surface area contributed by atoms with Gasteiger partial charge in [0.1, 0.15) is 0 Å². The molecule has 0 aromatic heterocycles. The number of para-hydroxylation sites is 1. The third kappa shape index (κ3) is 65.8. The third-order valence-electron chi connectivity index (χ3n) is 16.1. The Morgan fingerprint density at radius 3 is 0.848 bits per heavy atom. The van der Waals surface area contributed by atoms with E-state index in [4.69, 9.17) is 0 Å². The maximum Gasteiger partial charge on any atom is 0.272 e. The summed E-state index contributed by atoms with van der Waals surface area (Å²) in [4.78, 5) is 9.85. The van der Waals surface area contributed by atoms with E-state index in [0.717, 1.165) is 12.3 Å². The Morgan fingerprint density at radius 1 is 0.303 bits per heavy atom. The molecule has 3 nitrogen and oxygen atoms in total. The van der Waals surface area contributed by atoms with Gasteiger partial charge in [-0.05, 0) is 86.9 Å². The number of aryl methyl sites for hydroxylation is 7. The molecule has 0 amide bonds. The number of benzene rings is 8. The second-order valence-corrected chi connectivity index (χ2v) is 25.3. The van der Waals surface area contributed by atoms with Crippen molar-refractivity contribution in [1.82, 2.24) is 0 Å². The van der Waals surface area contributed by atoms with Crippen molar-refractivity contribution in [3.8, 4) is 11.1 Å². The van der Waals surface area contributed by atoms with Crippen LogP contribution in [0.1, 0.15) is 317 Å². The van der Waals surface area contributed by atoms with Crippen LogP contribution in [0.5, 0.6) is 0 Å². The van der Waals surface area contributed by atoms with Gasteiger partial charge in [-0.25, -0.2) is 0 Å². The molecule has 0 bridgehead atoms. The Labute approximate surface area is 615 Å². The Hall–Kier alpha value is -6.58. The van der Waals surface area contributed by atoms with E-state index in [1.165, 1.54) is 235 Å². The van der Waals surface area contributed by atoms with Gasteiger partial charge in [-0.15, -0.1) is 0 Å². The van der Waals surface area contributed by atoms with E-state index < -0.39 is 0 Å². The van der Waals surface area contributed by atoms with Crippen molar-refractivity contribution in [3.05, 3.63) is 255 Å². The molecule has 0 atom stereocenters. The number of hydrogen-bond acceptors (Lipinski definition) is 2. The van der Waals surface area contributed by atoms with Crippen LogP contribution in [0.2, 0.25) is 0 Å². The normalized spacial score (nSPS) is 9.42. The van der Waals surface area contributed by atoms with Gasteiger partial charge in [-0.2, -0.15) is 0 Å². The summed E-state index contributed by atoms with van der Waals surface area (Å²) in [5.41, 5.74) is 11.5. The van der Waals surface area contributed by atoms with Crippen LogP contribution >= 0.6 is 0 Å². The summed E-state index contributed by atoms with van der Waals surface area (Å²) < 4.78 is 0. The molecule has 0 aliphatic rings. The molecule has 0 unspecified atom stereocenters. The molecule has 8 aromatic carbocycles. The molecule has 556 valence electrons. The molecule has 8 rings (SSSR count). The summed E-state index contributed by atoms with van der Waals surface area (Å²) in [6.45, 7) is 42.2. The molecule has 99 heavy (non-hydrogen) atoms. The Bertz CT molecular complexity index is 2770. The summed E-state index contributed by atoms with van der Waals surface area (Å²) in [5.74, 6) is 0.884. The summed E-state index contributed by atoms with van der Waals surface area (Å²) in [6, 6.07) is 69.7. The maximum absolute atomic E-state index is 10.2. The fraction of sp³-hybridized carbons (Fsp3) is 0.521. The van der Waals surface area contributed by atoms with E-state index in [1.807, 2.05) is 71.9 Å². The number of fused-ring (bicyclic) bond motifs is 1. The minimum atomic E-state index is -0.380. The molecule has 0 radical (unpaired) electrons.